The van der Waals surface area contributed by atoms with E-state index in [1.807, 2.05) is 7.05 Å². The molecule has 0 aliphatic carbocycles. The quantitative estimate of drug-likeness (QED) is 0.759. The number of aromatic nitrogens is 1. The maximum absolute atomic E-state index is 3.57. The summed E-state index contributed by atoms with van der Waals surface area (Å²) in [7, 11) is 4.15. The van der Waals surface area contributed by atoms with Crippen LogP contribution in [0.1, 0.15) is 22.3 Å². The summed E-state index contributed by atoms with van der Waals surface area (Å²) >= 11 is 0. The standard InChI is InChI=1S/C21H23N3/c1-14-7-8-20-18(9-14)19-11-17(13-24(3)21(19)23-20)16-6-4-5-15(10-16)12-22-2/h4-11,22-23H,12-13H2,1-3H3. The maximum Gasteiger partial charge on any atom is 0.114 e. The van der Waals surface area contributed by atoms with E-state index in [9.17, 15) is 0 Å². The van der Waals surface area contributed by atoms with Crippen LogP contribution in [0.4, 0.5) is 5.82 Å². The van der Waals surface area contributed by atoms with Crippen molar-refractivity contribution >= 4 is 28.4 Å². The number of nitrogens with zero attached hydrogens (tertiary/aromatic N) is 1. The van der Waals surface area contributed by atoms with Crippen LogP contribution in [0.5, 0.6) is 0 Å². The topological polar surface area (TPSA) is 31.1 Å². The first kappa shape index (κ1) is 15.0. The van der Waals surface area contributed by atoms with E-state index in [0.717, 1.165) is 13.1 Å². The van der Waals surface area contributed by atoms with Gasteiger partial charge in [-0.2, -0.15) is 0 Å². The van der Waals surface area contributed by atoms with Crippen LogP contribution in [0, 0.1) is 6.92 Å². The van der Waals surface area contributed by atoms with Crippen LogP contribution in [0.2, 0.25) is 0 Å². The van der Waals surface area contributed by atoms with Crippen LogP contribution in [-0.2, 0) is 6.54 Å². The van der Waals surface area contributed by atoms with Crippen LogP contribution >= 0.6 is 0 Å². The first-order valence-corrected chi connectivity index (χ1v) is 8.43. The fourth-order valence-electron chi connectivity index (χ4n) is 3.57. The lowest BCUT2D eigenvalue weighted by atomic mass is 9.97. The van der Waals surface area contributed by atoms with Crippen LogP contribution in [0.25, 0.3) is 22.6 Å². The summed E-state index contributed by atoms with van der Waals surface area (Å²) in [5.41, 5.74) is 7.80. The first-order chi connectivity index (χ1) is 11.7. The summed E-state index contributed by atoms with van der Waals surface area (Å²) in [4.78, 5) is 5.88. The van der Waals surface area contributed by atoms with Gasteiger partial charge in [-0.1, -0.05) is 35.9 Å². The number of aromatic amines is 1. The predicted molar refractivity (Wildman–Crippen MR) is 103 cm³/mol. The highest BCUT2D eigenvalue weighted by molar-refractivity contribution is 6.02. The number of benzene rings is 2. The number of nitrogens with one attached hydrogen (secondary N) is 2. The van der Waals surface area contributed by atoms with Gasteiger partial charge in [-0.3, -0.25) is 0 Å². The molecule has 0 atom stereocenters. The Kier molecular flexibility index (Phi) is 3.66. The molecule has 1 aromatic heterocycles. The Hall–Kier alpha value is -2.52. The van der Waals surface area contributed by atoms with E-state index in [4.69, 9.17) is 0 Å². The van der Waals surface area contributed by atoms with Crippen LogP contribution in [0.3, 0.4) is 0 Å². The van der Waals surface area contributed by atoms with Gasteiger partial charge in [0, 0.05) is 36.6 Å². The zero-order valence-corrected chi connectivity index (χ0v) is 14.5. The van der Waals surface area contributed by atoms with E-state index in [0.29, 0.717) is 0 Å². The number of fused-ring (bicyclic) bond motifs is 3. The number of aryl methyl sites for hydroxylation is 1. The molecule has 0 fully saturated rings. The number of H-pyrrole nitrogens is 1. The number of hydrogen-bond donors (Lipinski definition) is 2. The molecule has 4 rings (SSSR count). The molecule has 3 nitrogen and oxygen atoms in total. The molecule has 0 spiro atoms. The summed E-state index contributed by atoms with van der Waals surface area (Å²) in [5, 5.41) is 4.54. The molecule has 2 heterocycles. The molecule has 1 aliphatic heterocycles. The predicted octanol–water partition coefficient (Wildman–Crippen LogP) is 4.19. The van der Waals surface area contributed by atoms with E-state index in [-0.39, 0.29) is 0 Å². The van der Waals surface area contributed by atoms with Gasteiger partial charge in [-0.15, -0.1) is 0 Å². The Morgan fingerprint density at radius 2 is 2.04 bits per heavy atom. The van der Waals surface area contributed by atoms with Crippen molar-refractivity contribution in [3.05, 3.63) is 64.7 Å². The number of hydrogen-bond acceptors (Lipinski definition) is 2. The minimum absolute atomic E-state index is 0.897. The third kappa shape index (κ3) is 2.51. The first-order valence-electron chi connectivity index (χ1n) is 8.43. The Balaban J connectivity index is 1.84. The fourth-order valence-corrected chi connectivity index (χ4v) is 3.57. The molecular formula is C21H23N3. The van der Waals surface area contributed by atoms with Crippen molar-refractivity contribution in [2.24, 2.45) is 0 Å². The summed E-state index contributed by atoms with van der Waals surface area (Å²) in [6.45, 7) is 3.97. The van der Waals surface area contributed by atoms with E-state index in [1.54, 1.807) is 0 Å². The lowest BCUT2D eigenvalue weighted by Crippen LogP contribution is -2.23. The van der Waals surface area contributed by atoms with Crippen molar-refractivity contribution in [2.75, 3.05) is 25.5 Å². The van der Waals surface area contributed by atoms with E-state index < -0.39 is 0 Å². The SMILES string of the molecule is CNCc1cccc(C2=Cc3c([nH]c4ccc(C)cc34)N(C)C2)c1. The summed E-state index contributed by atoms with van der Waals surface area (Å²) in [5.74, 6) is 1.21. The Labute approximate surface area is 143 Å². The molecule has 122 valence electrons. The molecule has 3 aromatic rings. The van der Waals surface area contributed by atoms with Gasteiger partial charge in [0.2, 0.25) is 0 Å². The Morgan fingerprint density at radius 1 is 1.17 bits per heavy atom. The molecular weight excluding hydrogens is 294 g/mol. The maximum atomic E-state index is 3.57. The number of likely N-dealkylation sites (N-methyl/N-ethyl adjacent to an activating group) is 1. The van der Waals surface area contributed by atoms with E-state index in [2.05, 4.69) is 77.7 Å². The molecule has 0 bridgehead atoms. The van der Waals surface area contributed by atoms with Crippen LogP contribution in [0.15, 0.2) is 42.5 Å². The van der Waals surface area contributed by atoms with Gasteiger partial charge in [-0.25, -0.2) is 0 Å². The van der Waals surface area contributed by atoms with Crippen molar-refractivity contribution in [1.29, 1.82) is 0 Å². The molecule has 0 saturated heterocycles. The average Bonchev–Trinajstić information content (AvgIpc) is 2.94. The average molecular weight is 317 g/mol. The monoisotopic (exact) mass is 317 g/mol. The van der Waals surface area contributed by atoms with Crippen LogP contribution in [-0.4, -0.2) is 25.6 Å². The highest BCUT2D eigenvalue weighted by atomic mass is 15.2. The van der Waals surface area contributed by atoms with Crippen molar-refractivity contribution in [2.45, 2.75) is 13.5 Å². The molecule has 0 saturated carbocycles. The zero-order valence-electron chi connectivity index (χ0n) is 14.5. The van der Waals surface area contributed by atoms with Gasteiger partial charge in [0.25, 0.3) is 0 Å². The lowest BCUT2D eigenvalue weighted by Gasteiger charge is -2.25. The van der Waals surface area contributed by atoms with Crippen molar-refractivity contribution in [3.63, 3.8) is 0 Å². The minimum atomic E-state index is 0.897. The summed E-state index contributed by atoms with van der Waals surface area (Å²) < 4.78 is 0. The minimum Gasteiger partial charge on any atom is -0.356 e. The molecule has 0 amide bonds. The highest BCUT2D eigenvalue weighted by Crippen LogP contribution is 2.37. The number of rotatable bonds is 3. The van der Waals surface area contributed by atoms with Gasteiger partial charge < -0.3 is 15.2 Å². The third-order valence-electron chi connectivity index (χ3n) is 4.76. The zero-order chi connectivity index (χ0) is 16.7. The molecule has 0 unspecified atom stereocenters. The third-order valence-corrected chi connectivity index (χ3v) is 4.76. The van der Waals surface area contributed by atoms with Crippen molar-refractivity contribution < 1.29 is 0 Å². The Bertz CT molecular complexity index is 933. The van der Waals surface area contributed by atoms with Gasteiger partial charge in [0.15, 0.2) is 0 Å². The van der Waals surface area contributed by atoms with Gasteiger partial charge in [-0.05, 0) is 48.9 Å². The molecule has 2 aromatic carbocycles. The largest absolute Gasteiger partial charge is 0.356 e. The van der Waals surface area contributed by atoms with Crippen LogP contribution < -0.4 is 10.2 Å². The van der Waals surface area contributed by atoms with Gasteiger partial charge in [0.1, 0.15) is 5.82 Å². The fraction of sp³-hybridized carbons (Fsp3) is 0.238. The molecule has 3 heteroatoms. The summed E-state index contributed by atoms with van der Waals surface area (Å²) in [6, 6.07) is 15.4. The van der Waals surface area contributed by atoms with E-state index >= 15 is 0 Å². The molecule has 1 aliphatic rings. The molecule has 0 radical (unpaired) electrons. The normalized spacial score (nSPS) is 14.0. The second-order valence-electron chi connectivity index (χ2n) is 6.69. The Morgan fingerprint density at radius 3 is 2.88 bits per heavy atom. The summed E-state index contributed by atoms with van der Waals surface area (Å²) in [6.07, 6.45) is 2.35. The number of anilines is 1. The highest BCUT2D eigenvalue weighted by Gasteiger charge is 2.20. The smallest absolute Gasteiger partial charge is 0.114 e. The molecule has 24 heavy (non-hydrogen) atoms. The van der Waals surface area contributed by atoms with Gasteiger partial charge in [0.05, 0.1) is 0 Å². The lowest BCUT2D eigenvalue weighted by molar-refractivity contribution is 0.817. The van der Waals surface area contributed by atoms with Crippen molar-refractivity contribution in [1.82, 2.24) is 10.3 Å². The van der Waals surface area contributed by atoms with E-state index in [1.165, 1.54) is 44.5 Å². The second kappa shape index (κ2) is 5.84. The van der Waals surface area contributed by atoms with Crippen molar-refractivity contribution in [3.8, 4) is 0 Å². The molecule has 2 N–H and O–H groups in total. The van der Waals surface area contributed by atoms with Gasteiger partial charge >= 0.3 is 0 Å². The second-order valence-corrected chi connectivity index (χ2v) is 6.69.